The standard InChI is InChI=1S/C24H24FN3O/c25-19-7-10-23-22(14-19)21(11-12-27-23)18-5-1-16(2-6-18)13-24(29)28-20-8-3-17(15-26)4-9-20/h3-4,8-9,11-12,14,16,18H,1-2,5-7,10,13H2,(H,28,29). The van der Waals surface area contributed by atoms with E-state index in [4.69, 9.17) is 5.26 Å². The predicted octanol–water partition coefficient (Wildman–Crippen LogP) is 5.51. The second kappa shape index (κ2) is 8.57. The van der Waals surface area contributed by atoms with Gasteiger partial charge < -0.3 is 5.32 Å². The highest BCUT2D eigenvalue weighted by atomic mass is 19.1. The molecule has 1 amide bonds. The zero-order valence-electron chi connectivity index (χ0n) is 16.3. The largest absolute Gasteiger partial charge is 0.326 e. The van der Waals surface area contributed by atoms with Crippen LogP contribution in [0.2, 0.25) is 0 Å². The Morgan fingerprint density at radius 3 is 2.62 bits per heavy atom. The minimum atomic E-state index is -0.0556. The molecule has 1 fully saturated rings. The lowest BCUT2D eigenvalue weighted by Gasteiger charge is -2.30. The highest BCUT2D eigenvalue weighted by Gasteiger charge is 2.27. The van der Waals surface area contributed by atoms with Crippen molar-refractivity contribution in [3.63, 3.8) is 0 Å². The number of hydrogen-bond acceptors (Lipinski definition) is 3. The van der Waals surface area contributed by atoms with Crippen molar-refractivity contribution in [1.29, 1.82) is 5.26 Å². The van der Waals surface area contributed by atoms with Gasteiger partial charge >= 0.3 is 0 Å². The van der Waals surface area contributed by atoms with Gasteiger partial charge in [-0.25, -0.2) is 4.39 Å². The summed E-state index contributed by atoms with van der Waals surface area (Å²) in [5.41, 5.74) is 4.51. The van der Waals surface area contributed by atoms with Gasteiger partial charge in [-0.05, 0) is 85.9 Å². The van der Waals surface area contributed by atoms with Crippen LogP contribution in [0.5, 0.6) is 0 Å². The number of pyridine rings is 1. The van der Waals surface area contributed by atoms with Crippen molar-refractivity contribution in [2.24, 2.45) is 5.92 Å². The number of fused-ring (bicyclic) bond motifs is 1. The molecule has 0 aliphatic heterocycles. The molecule has 5 heteroatoms. The van der Waals surface area contributed by atoms with Crippen LogP contribution in [0.4, 0.5) is 10.1 Å². The van der Waals surface area contributed by atoms with Crippen molar-refractivity contribution in [2.45, 2.75) is 50.9 Å². The fourth-order valence-corrected chi connectivity index (χ4v) is 4.50. The van der Waals surface area contributed by atoms with Crippen LogP contribution in [-0.2, 0) is 11.2 Å². The van der Waals surface area contributed by atoms with E-state index in [1.54, 1.807) is 30.3 Å². The van der Waals surface area contributed by atoms with E-state index in [1.165, 1.54) is 5.56 Å². The molecule has 2 aliphatic rings. The Kier molecular flexibility index (Phi) is 5.71. The number of hydrogen-bond donors (Lipinski definition) is 1. The van der Waals surface area contributed by atoms with Crippen LogP contribution in [0.3, 0.4) is 0 Å². The van der Waals surface area contributed by atoms with E-state index in [1.807, 2.05) is 12.3 Å². The Labute approximate surface area is 170 Å². The van der Waals surface area contributed by atoms with E-state index in [2.05, 4.69) is 16.4 Å². The second-order valence-corrected chi connectivity index (χ2v) is 8.01. The van der Waals surface area contributed by atoms with Crippen molar-refractivity contribution < 1.29 is 9.18 Å². The van der Waals surface area contributed by atoms with Crippen molar-refractivity contribution >= 4 is 17.7 Å². The number of nitriles is 1. The van der Waals surface area contributed by atoms with Crippen molar-refractivity contribution in [3.8, 4) is 6.07 Å². The third kappa shape index (κ3) is 4.54. The maximum absolute atomic E-state index is 13.8. The minimum absolute atomic E-state index is 0.0180. The molecule has 0 atom stereocenters. The number of carbonyl (C=O) groups excluding carboxylic acids is 1. The molecule has 2 aromatic rings. The summed E-state index contributed by atoms with van der Waals surface area (Å²) in [7, 11) is 0. The van der Waals surface area contributed by atoms with E-state index < -0.39 is 0 Å². The van der Waals surface area contributed by atoms with Gasteiger partial charge in [-0.15, -0.1) is 0 Å². The summed E-state index contributed by atoms with van der Waals surface area (Å²) in [5, 5.41) is 11.8. The number of amides is 1. The van der Waals surface area contributed by atoms with Gasteiger partial charge in [-0.2, -0.15) is 5.26 Å². The summed E-state index contributed by atoms with van der Waals surface area (Å²) in [6.07, 6.45) is 9.17. The van der Waals surface area contributed by atoms with E-state index in [9.17, 15) is 9.18 Å². The van der Waals surface area contributed by atoms with Crippen LogP contribution in [-0.4, -0.2) is 10.9 Å². The number of anilines is 1. The predicted molar refractivity (Wildman–Crippen MR) is 111 cm³/mol. The molecular formula is C24H24FN3O. The smallest absolute Gasteiger partial charge is 0.224 e. The summed E-state index contributed by atoms with van der Waals surface area (Å²) < 4.78 is 13.8. The molecule has 4 nitrogen and oxygen atoms in total. The molecule has 2 aliphatic carbocycles. The topological polar surface area (TPSA) is 65.8 Å². The summed E-state index contributed by atoms with van der Waals surface area (Å²) >= 11 is 0. The van der Waals surface area contributed by atoms with Gasteiger partial charge in [0, 0.05) is 36.0 Å². The molecule has 1 heterocycles. The number of rotatable bonds is 4. The van der Waals surface area contributed by atoms with Crippen LogP contribution >= 0.6 is 0 Å². The average Bonchev–Trinajstić information content (AvgIpc) is 2.74. The van der Waals surface area contributed by atoms with Crippen LogP contribution in [0.15, 0.2) is 42.4 Å². The summed E-state index contributed by atoms with van der Waals surface area (Å²) in [5.74, 6) is 0.741. The summed E-state index contributed by atoms with van der Waals surface area (Å²) in [4.78, 5) is 16.8. The zero-order chi connectivity index (χ0) is 20.2. The van der Waals surface area contributed by atoms with E-state index in [0.29, 0.717) is 36.7 Å². The third-order valence-corrected chi connectivity index (χ3v) is 6.07. The maximum atomic E-state index is 13.8. The van der Waals surface area contributed by atoms with Gasteiger partial charge in [-0.1, -0.05) is 0 Å². The fraction of sp³-hybridized carbons (Fsp3) is 0.375. The van der Waals surface area contributed by atoms with Gasteiger partial charge in [0.15, 0.2) is 0 Å². The molecule has 1 N–H and O–H groups in total. The first kappa shape index (κ1) is 19.3. The number of carbonyl (C=O) groups is 1. The SMILES string of the molecule is N#Cc1ccc(NC(=O)CC2CCC(c3ccnc4c3C=C(F)CC4)CC2)cc1. The monoisotopic (exact) mass is 389 g/mol. The third-order valence-electron chi connectivity index (χ3n) is 6.07. The number of aromatic nitrogens is 1. The normalized spacial score (nSPS) is 20.9. The summed E-state index contributed by atoms with van der Waals surface area (Å²) in [6, 6.07) is 11.0. The van der Waals surface area contributed by atoms with Crippen molar-refractivity contribution in [2.75, 3.05) is 5.32 Å². The fourth-order valence-electron chi connectivity index (χ4n) is 4.50. The van der Waals surface area contributed by atoms with Gasteiger partial charge in [0.05, 0.1) is 11.6 Å². The Bertz CT molecular complexity index is 967. The highest BCUT2D eigenvalue weighted by Crippen LogP contribution is 2.40. The Morgan fingerprint density at radius 2 is 1.90 bits per heavy atom. The zero-order valence-corrected chi connectivity index (χ0v) is 16.3. The molecule has 1 saturated carbocycles. The summed E-state index contributed by atoms with van der Waals surface area (Å²) in [6.45, 7) is 0. The lowest BCUT2D eigenvalue weighted by Crippen LogP contribution is -2.21. The minimum Gasteiger partial charge on any atom is -0.326 e. The van der Waals surface area contributed by atoms with Crippen molar-refractivity contribution in [3.05, 3.63) is 64.7 Å². The molecule has 1 aromatic carbocycles. The molecule has 0 unspecified atom stereocenters. The Morgan fingerprint density at radius 1 is 1.14 bits per heavy atom. The molecule has 29 heavy (non-hydrogen) atoms. The highest BCUT2D eigenvalue weighted by molar-refractivity contribution is 5.90. The molecule has 0 bridgehead atoms. The van der Waals surface area contributed by atoms with Gasteiger partial charge in [0.25, 0.3) is 0 Å². The van der Waals surface area contributed by atoms with E-state index in [-0.39, 0.29) is 11.7 Å². The molecule has 0 radical (unpaired) electrons. The molecule has 1 aromatic heterocycles. The quantitative estimate of drug-likeness (QED) is 0.749. The van der Waals surface area contributed by atoms with Crippen LogP contribution in [0.1, 0.15) is 66.8 Å². The van der Waals surface area contributed by atoms with E-state index in [0.717, 1.165) is 42.6 Å². The molecular weight excluding hydrogens is 365 g/mol. The van der Waals surface area contributed by atoms with Crippen molar-refractivity contribution in [1.82, 2.24) is 4.98 Å². The Balaban J connectivity index is 1.33. The first-order valence-electron chi connectivity index (χ1n) is 10.3. The lowest BCUT2D eigenvalue weighted by molar-refractivity contribution is -0.117. The number of aryl methyl sites for hydroxylation is 1. The lowest BCUT2D eigenvalue weighted by atomic mass is 9.76. The molecule has 0 spiro atoms. The number of halogens is 1. The second-order valence-electron chi connectivity index (χ2n) is 8.01. The Hall–Kier alpha value is -3.00. The van der Waals surface area contributed by atoms with Gasteiger partial charge in [-0.3, -0.25) is 9.78 Å². The average molecular weight is 389 g/mol. The maximum Gasteiger partial charge on any atom is 0.224 e. The van der Waals surface area contributed by atoms with Gasteiger partial charge in [0.1, 0.15) is 5.83 Å². The number of allylic oxidation sites excluding steroid dienone is 1. The number of nitrogens with one attached hydrogen (secondary N) is 1. The van der Waals surface area contributed by atoms with Gasteiger partial charge in [0.2, 0.25) is 5.91 Å². The van der Waals surface area contributed by atoms with Crippen LogP contribution < -0.4 is 5.32 Å². The van der Waals surface area contributed by atoms with E-state index >= 15 is 0 Å². The van der Waals surface area contributed by atoms with Crippen LogP contribution in [0, 0.1) is 17.2 Å². The molecule has 148 valence electrons. The van der Waals surface area contributed by atoms with Crippen LogP contribution in [0.25, 0.3) is 6.08 Å². The number of nitrogens with zero attached hydrogens (tertiary/aromatic N) is 2. The first-order valence-corrected chi connectivity index (χ1v) is 10.3. The first-order chi connectivity index (χ1) is 14.1. The molecule has 4 rings (SSSR count). The number of benzene rings is 1. The molecule has 0 saturated heterocycles.